The number of anilines is 1. The maximum atomic E-state index is 11.7. The van der Waals surface area contributed by atoms with E-state index in [0.29, 0.717) is 5.06 Å². The minimum absolute atomic E-state index is 0.119. The van der Waals surface area contributed by atoms with E-state index in [-0.39, 0.29) is 17.4 Å². The molecule has 0 atom stereocenters. The zero-order chi connectivity index (χ0) is 13.7. The van der Waals surface area contributed by atoms with Crippen molar-refractivity contribution in [2.24, 2.45) is 5.14 Å². The van der Waals surface area contributed by atoms with Crippen molar-refractivity contribution in [1.29, 1.82) is 0 Å². The molecule has 0 spiro atoms. The van der Waals surface area contributed by atoms with Crippen LogP contribution in [0.25, 0.3) is 0 Å². The van der Waals surface area contributed by atoms with Crippen LogP contribution in [-0.4, -0.2) is 28.7 Å². The summed E-state index contributed by atoms with van der Waals surface area (Å²) in [6.07, 6.45) is 0. The summed E-state index contributed by atoms with van der Waals surface area (Å²) in [4.78, 5) is -0.937. The molecule has 1 aromatic rings. The highest BCUT2D eigenvalue weighted by Crippen LogP contribution is 2.34. The number of rotatable bonds is 1. The molecule has 1 aliphatic rings. The standard InChI is InChI=1S/C7H8ClN3O5S2/c8-4-1-5-7(2-6(4)17(9,13)14)18(15,16)10-3-11(5)12/h1-2,10,12H,3H2,(H2,9,13,14). The number of sulfonamides is 2. The highest BCUT2D eigenvalue weighted by Gasteiger charge is 2.30. The van der Waals surface area contributed by atoms with Crippen LogP contribution in [0.4, 0.5) is 5.69 Å². The Labute approximate surface area is 108 Å². The van der Waals surface area contributed by atoms with E-state index >= 15 is 0 Å². The number of nitrogens with one attached hydrogen (secondary N) is 1. The van der Waals surface area contributed by atoms with Crippen LogP contribution in [0.15, 0.2) is 21.9 Å². The van der Waals surface area contributed by atoms with Gasteiger partial charge < -0.3 is 0 Å². The monoisotopic (exact) mass is 313 g/mol. The highest BCUT2D eigenvalue weighted by molar-refractivity contribution is 7.90. The molecule has 0 aromatic heterocycles. The molecule has 100 valence electrons. The van der Waals surface area contributed by atoms with Crippen LogP contribution in [0.2, 0.25) is 5.02 Å². The zero-order valence-corrected chi connectivity index (χ0v) is 11.0. The first kappa shape index (κ1) is 13.5. The molecule has 1 aromatic carbocycles. The first-order chi connectivity index (χ1) is 8.13. The van der Waals surface area contributed by atoms with Crippen molar-refractivity contribution in [2.45, 2.75) is 9.79 Å². The van der Waals surface area contributed by atoms with E-state index < -0.39 is 29.8 Å². The van der Waals surface area contributed by atoms with Crippen LogP contribution in [0.3, 0.4) is 0 Å². The molecule has 8 nitrogen and oxygen atoms in total. The van der Waals surface area contributed by atoms with Crippen molar-refractivity contribution in [2.75, 3.05) is 11.7 Å². The number of nitrogens with zero attached hydrogens (tertiary/aromatic N) is 1. The number of hydroxylamine groups is 1. The van der Waals surface area contributed by atoms with Gasteiger partial charge in [0.15, 0.2) is 0 Å². The summed E-state index contributed by atoms with van der Waals surface area (Å²) in [6.45, 7) is -0.361. The summed E-state index contributed by atoms with van der Waals surface area (Å²) in [5.74, 6) is 0. The number of fused-ring (bicyclic) bond motifs is 1. The van der Waals surface area contributed by atoms with Crippen LogP contribution in [0, 0.1) is 0 Å². The van der Waals surface area contributed by atoms with Gasteiger partial charge in [0.25, 0.3) is 0 Å². The number of primary sulfonamides is 1. The van der Waals surface area contributed by atoms with Crippen molar-refractivity contribution < 1.29 is 22.0 Å². The lowest BCUT2D eigenvalue weighted by atomic mass is 10.3. The molecule has 1 heterocycles. The SMILES string of the molecule is NS(=O)(=O)c1cc2c(cc1Cl)N(O)CNS2(=O)=O. The molecule has 0 fully saturated rings. The lowest BCUT2D eigenvalue weighted by molar-refractivity contribution is 0.246. The fraction of sp³-hybridized carbons (Fsp3) is 0.143. The third kappa shape index (κ3) is 2.18. The fourth-order valence-corrected chi connectivity index (χ4v) is 3.80. The van der Waals surface area contributed by atoms with Gasteiger partial charge in [-0.05, 0) is 12.1 Å². The molecule has 0 unspecified atom stereocenters. The summed E-state index contributed by atoms with van der Waals surface area (Å²) in [5.41, 5.74) is -0.119. The maximum Gasteiger partial charge on any atom is 0.244 e. The molecule has 2 rings (SSSR count). The summed E-state index contributed by atoms with van der Waals surface area (Å²) in [7, 11) is -8.06. The second kappa shape index (κ2) is 4.05. The highest BCUT2D eigenvalue weighted by atomic mass is 35.5. The third-order valence-corrected chi connectivity index (χ3v) is 5.08. The fourth-order valence-electron chi connectivity index (χ4n) is 1.47. The predicted octanol–water partition coefficient (Wildman–Crippen LogP) is -0.568. The molecule has 4 N–H and O–H groups in total. The average molecular weight is 314 g/mol. The van der Waals surface area contributed by atoms with Crippen molar-refractivity contribution in [3.63, 3.8) is 0 Å². The summed E-state index contributed by atoms with van der Waals surface area (Å²) < 4.78 is 47.9. The van der Waals surface area contributed by atoms with Crippen LogP contribution in [0.5, 0.6) is 0 Å². The second-order valence-electron chi connectivity index (χ2n) is 3.50. The Morgan fingerprint density at radius 1 is 1.44 bits per heavy atom. The Bertz CT molecular complexity index is 715. The first-order valence-electron chi connectivity index (χ1n) is 4.45. The van der Waals surface area contributed by atoms with E-state index in [9.17, 15) is 22.0 Å². The van der Waals surface area contributed by atoms with E-state index in [1.54, 1.807) is 0 Å². The summed E-state index contributed by atoms with van der Waals surface area (Å²) >= 11 is 5.69. The Morgan fingerprint density at radius 3 is 2.61 bits per heavy atom. The molecule has 0 saturated heterocycles. The maximum absolute atomic E-state index is 11.7. The van der Waals surface area contributed by atoms with Gasteiger partial charge in [-0.15, -0.1) is 0 Å². The van der Waals surface area contributed by atoms with E-state index in [4.69, 9.17) is 16.7 Å². The molecule has 11 heteroatoms. The zero-order valence-electron chi connectivity index (χ0n) is 8.66. The molecule has 0 bridgehead atoms. The van der Waals surface area contributed by atoms with Crippen LogP contribution in [0.1, 0.15) is 0 Å². The number of hydrogen-bond acceptors (Lipinski definition) is 6. The van der Waals surface area contributed by atoms with Gasteiger partial charge in [0.2, 0.25) is 20.0 Å². The summed E-state index contributed by atoms with van der Waals surface area (Å²) in [5, 5.41) is 14.7. The first-order valence-corrected chi connectivity index (χ1v) is 7.86. The van der Waals surface area contributed by atoms with Gasteiger partial charge in [-0.3, -0.25) is 5.21 Å². The number of halogens is 1. The van der Waals surface area contributed by atoms with Crippen LogP contribution >= 0.6 is 11.6 Å². The van der Waals surface area contributed by atoms with Gasteiger partial charge in [-0.2, -0.15) is 4.72 Å². The van der Waals surface area contributed by atoms with Gasteiger partial charge in [-0.1, -0.05) is 11.6 Å². The molecule has 0 aliphatic carbocycles. The average Bonchev–Trinajstić information content (AvgIpc) is 2.22. The molecule has 1 aliphatic heterocycles. The van der Waals surface area contributed by atoms with E-state index in [0.717, 1.165) is 12.1 Å². The third-order valence-electron chi connectivity index (χ3n) is 2.29. The second-order valence-corrected chi connectivity index (χ2v) is 7.17. The lowest BCUT2D eigenvalue weighted by Gasteiger charge is -2.26. The van der Waals surface area contributed by atoms with Crippen LogP contribution in [-0.2, 0) is 20.0 Å². The predicted molar refractivity (Wildman–Crippen MR) is 62.3 cm³/mol. The molecular formula is C7H8ClN3O5S2. The normalized spacial score (nSPS) is 18.5. The van der Waals surface area contributed by atoms with Crippen molar-refractivity contribution in [3.05, 3.63) is 17.2 Å². The number of nitrogens with two attached hydrogens (primary N) is 1. The van der Waals surface area contributed by atoms with Crippen LogP contribution < -0.4 is 14.9 Å². The van der Waals surface area contributed by atoms with Gasteiger partial charge in [0, 0.05) is 0 Å². The minimum Gasteiger partial charge on any atom is -0.287 e. The Morgan fingerprint density at radius 2 is 2.06 bits per heavy atom. The lowest BCUT2D eigenvalue weighted by Crippen LogP contribution is -2.41. The van der Waals surface area contributed by atoms with E-state index in [1.807, 2.05) is 4.72 Å². The van der Waals surface area contributed by atoms with Gasteiger partial charge in [0.05, 0.1) is 10.7 Å². The molecule has 0 radical (unpaired) electrons. The molecule has 0 saturated carbocycles. The molecule has 0 amide bonds. The Kier molecular flexibility index (Phi) is 3.04. The van der Waals surface area contributed by atoms with E-state index in [2.05, 4.69) is 0 Å². The number of benzene rings is 1. The Balaban J connectivity index is 2.82. The smallest absolute Gasteiger partial charge is 0.244 e. The largest absolute Gasteiger partial charge is 0.287 e. The van der Waals surface area contributed by atoms with Crippen molar-refractivity contribution in [3.8, 4) is 0 Å². The van der Waals surface area contributed by atoms with Crippen molar-refractivity contribution >= 4 is 37.3 Å². The Hall–Kier alpha value is -0.910. The quantitative estimate of drug-likeness (QED) is 0.636. The van der Waals surface area contributed by atoms with Gasteiger partial charge in [0.1, 0.15) is 16.5 Å². The molecular weight excluding hydrogens is 306 g/mol. The van der Waals surface area contributed by atoms with Gasteiger partial charge in [-0.25, -0.2) is 27.0 Å². The minimum atomic E-state index is -4.16. The summed E-state index contributed by atoms with van der Waals surface area (Å²) in [6, 6.07) is 1.83. The topological polar surface area (TPSA) is 130 Å². The van der Waals surface area contributed by atoms with Gasteiger partial charge >= 0.3 is 0 Å². The number of hydrogen-bond donors (Lipinski definition) is 3. The van der Waals surface area contributed by atoms with Crippen molar-refractivity contribution in [1.82, 2.24) is 4.72 Å². The molecule has 18 heavy (non-hydrogen) atoms. The van der Waals surface area contributed by atoms with E-state index in [1.165, 1.54) is 0 Å².